The van der Waals surface area contributed by atoms with Crippen LogP contribution in [0.5, 0.6) is 5.75 Å². The van der Waals surface area contributed by atoms with E-state index in [4.69, 9.17) is 16.3 Å². The molecule has 1 aliphatic rings. The van der Waals surface area contributed by atoms with Crippen LogP contribution in [0.2, 0.25) is 5.02 Å². The fourth-order valence-corrected chi connectivity index (χ4v) is 2.36. The highest BCUT2D eigenvalue weighted by Gasteiger charge is 2.12. The molecule has 20 heavy (non-hydrogen) atoms. The van der Waals surface area contributed by atoms with Crippen LogP contribution in [0.1, 0.15) is 21.5 Å². The van der Waals surface area contributed by atoms with E-state index in [-0.39, 0.29) is 5.91 Å². The fourth-order valence-electron chi connectivity index (χ4n) is 2.24. The molecule has 0 aliphatic carbocycles. The van der Waals surface area contributed by atoms with Gasteiger partial charge in [0, 0.05) is 23.6 Å². The number of fused-ring (bicyclic) bond motifs is 1. The van der Waals surface area contributed by atoms with E-state index >= 15 is 0 Å². The summed E-state index contributed by atoms with van der Waals surface area (Å²) in [5.74, 6) is 0.858. The first kappa shape index (κ1) is 13.0. The highest BCUT2D eigenvalue weighted by atomic mass is 35.5. The molecular formula is C16H14ClNO2. The molecule has 102 valence electrons. The SMILES string of the molecule is O=C(NCc1ccc2c(c1)CCO2)c1ccc(Cl)cc1. The summed E-state index contributed by atoms with van der Waals surface area (Å²) in [6, 6.07) is 12.9. The van der Waals surface area contributed by atoms with E-state index in [0.717, 1.165) is 24.3 Å². The van der Waals surface area contributed by atoms with Crippen molar-refractivity contribution in [3.05, 3.63) is 64.2 Å². The van der Waals surface area contributed by atoms with Gasteiger partial charge in [-0.05, 0) is 41.5 Å². The molecule has 1 N–H and O–H groups in total. The molecule has 2 aromatic rings. The van der Waals surface area contributed by atoms with Crippen molar-refractivity contribution in [2.24, 2.45) is 0 Å². The Hall–Kier alpha value is -2.00. The van der Waals surface area contributed by atoms with Gasteiger partial charge < -0.3 is 10.1 Å². The van der Waals surface area contributed by atoms with Gasteiger partial charge in [-0.3, -0.25) is 4.79 Å². The van der Waals surface area contributed by atoms with Crippen LogP contribution in [0, 0.1) is 0 Å². The number of benzene rings is 2. The second-order valence-electron chi connectivity index (χ2n) is 4.73. The third kappa shape index (κ3) is 2.78. The summed E-state index contributed by atoms with van der Waals surface area (Å²) in [6.07, 6.45) is 0.939. The summed E-state index contributed by atoms with van der Waals surface area (Å²) in [6.45, 7) is 1.25. The molecule has 0 fully saturated rings. The van der Waals surface area contributed by atoms with Crippen molar-refractivity contribution in [1.29, 1.82) is 0 Å². The number of carbonyl (C=O) groups is 1. The zero-order valence-corrected chi connectivity index (χ0v) is 11.6. The number of halogens is 1. The maximum atomic E-state index is 12.0. The van der Waals surface area contributed by atoms with Crippen molar-refractivity contribution in [2.75, 3.05) is 6.61 Å². The Labute approximate surface area is 122 Å². The number of rotatable bonds is 3. The predicted molar refractivity (Wildman–Crippen MR) is 78.3 cm³/mol. The van der Waals surface area contributed by atoms with Crippen molar-refractivity contribution in [1.82, 2.24) is 5.32 Å². The third-order valence-corrected chi connectivity index (χ3v) is 3.57. The molecule has 0 saturated carbocycles. The van der Waals surface area contributed by atoms with Crippen LogP contribution in [0.3, 0.4) is 0 Å². The summed E-state index contributed by atoms with van der Waals surface area (Å²) in [7, 11) is 0. The predicted octanol–water partition coefficient (Wildman–Crippen LogP) is 3.20. The topological polar surface area (TPSA) is 38.3 Å². The molecule has 0 bridgehead atoms. The van der Waals surface area contributed by atoms with E-state index in [1.807, 2.05) is 12.1 Å². The minimum Gasteiger partial charge on any atom is -0.493 e. The summed E-state index contributed by atoms with van der Waals surface area (Å²) < 4.78 is 5.46. The van der Waals surface area contributed by atoms with Crippen LogP contribution >= 0.6 is 11.6 Å². The van der Waals surface area contributed by atoms with Crippen LogP contribution in [-0.4, -0.2) is 12.5 Å². The minimum absolute atomic E-state index is 0.0987. The Balaban J connectivity index is 1.64. The maximum absolute atomic E-state index is 12.0. The van der Waals surface area contributed by atoms with E-state index in [9.17, 15) is 4.79 Å². The maximum Gasteiger partial charge on any atom is 0.251 e. The zero-order chi connectivity index (χ0) is 13.9. The summed E-state index contributed by atoms with van der Waals surface area (Å²) >= 11 is 5.80. The first-order valence-corrected chi connectivity index (χ1v) is 6.88. The first-order valence-electron chi connectivity index (χ1n) is 6.51. The van der Waals surface area contributed by atoms with Gasteiger partial charge >= 0.3 is 0 Å². The summed E-state index contributed by atoms with van der Waals surface area (Å²) in [5, 5.41) is 3.53. The van der Waals surface area contributed by atoms with Crippen molar-refractivity contribution < 1.29 is 9.53 Å². The molecule has 0 saturated heterocycles. The molecule has 0 unspecified atom stereocenters. The minimum atomic E-state index is -0.0987. The molecule has 0 atom stereocenters. The summed E-state index contributed by atoms with van der Waals surface area (Å²) in [4.78, 5) is 12.0. The lowest BCUT2D eigenvalue weighted by molar-refractivity contribution is 0.0951. The number of carbonyl (C=O) groups excluding carboxylic acids is 1. The zero-order valence-electron chi connectivity index (χ0n) is 10.9. The number of hydrogen-bond acceptors (Lipinski definition) is 2. The van der Waals surface area contributed by atoms with Crippen molar-refractivity contribution in [3.63, 3.8) is 0 Å². The average Bonchev–Trinajstić information content (AvgIpc) is 2.93. The number of nitrogens with one attached hydrogen (secondary N) is 1. The molecular weight excluding hydrogens is 274 g/mol. The molecule has 1 heterocycles. The van der Waals surface area contributed by atoms with Crippen LogP contribution in [0.25, 0.3) is 0 Å². The Morgan fingerprint density at radius 1 is 1.20 bits per heavy atom. The Morgan fingerprint density at radius 3 is 2.80 bits per heavy atom. The quantitative estimate of drug-likeness (QED) is 0.941. The molecule has 1 amide bonds. The molecule has 0 aromatic heterocycles. The van der Waals surface area contributed by atoms with Gasteiger partial charge in [-0.1, -0.05) is 23.7 Å². The van der Waals surface area contributed by atoms with Crippen LogP contribution in [-0.2, 0) is 13.0 Å². The fraction of sp³-hybridized carbons (Fsp3) is 0.188. The number of hydrogen-bond donors (Lipinski definition) is 1. The summed E-state index contributed by atoms with van der Waals surface area (Å²) in [5.41, 5.74) is 2.90. The number of ether oxygens (including phenoxy) is 1. The average molecular weight is 288 g/mol. The van der Waals surface area contributed by atoms with Gasteiger partial charge in [-0.15, -0.1) is 0 Å². The van der Waals surface area contributed by atoms with E-state index in [2.05, 4.69) is 11.4 Å². The van der Waals surface area contributed by atoms with Gasteiger partial charge in [0.25, 0.3) is 5.91 Å². The van der Waals surface area contributed by atoms with E-state index < -0.39 is 0 Å². The van der Waals surface area contributed by atoms with Gasteiger partial charge in [0.05, 0.1) is 6.61 Å². The highest BCUT2D eigenvalue weighted by Crippen LogP contribution is 2.25. The van der Waals surface area contributed by atoms with Crippen molar-refractivity contribution in [3.8, 4) is 5.75 Å². The van der Waals surface area contributed by atoms with E-state index in [0.29, 0.717) is 17.1 Å². The standard InChI is InChI=1S/C16H14ClNO2/c17-14-4-2-12(3-5-14)16(19)18-10-11-1-6-15-13(9-11)7-8-20-15/h1-6,9H,7-8,10H2,(H,18,19). The van der Waals surface area contributed by atoms with E-state index in [1.54, 1.807) is 24.3 Å². The van der Waals surface area contributed by atoms with Crippen molar-refractivity contribution >= 4 is 17.5 Å². The van der Waals surface area contributed by atoms with Gasteiger partial charge in [0.15, 0.2) is 0 Å². The lowest BCUT2D eigenvalue weighted by Gasteiger charge is -2.07. The normalized spacial score (nSPS) is 12.7. The van der Waals surface area contributed by atoms with Crippen LogP contribution < -0.4 is 10.1 Å². The molecule has 4 heteroatoms. The Morgan fingerprint density at radius 2 is 2.00 bits per heavy atom. The first-order chi connectivity index (χ1) is 9.72. The monoisotopic (exact) mass is 287 g/mol. The molecule has 2 aromatic carbocycles. The van der Waals surface area contributed by atoms with Gasteiger partial charge in [0.2, 0.25) is 0 Å². The Bertz CT molecular complexity index is 637. The third-order valence-electron chi connectivity index (χ3n) is 3.31. The largest absolute Gasteiger partial charge is 0.493 e. The molecule has 3 nitrogen and oxygen atoms in total. The van der Waals surface area contributed by atoms with Gasteiger partial charge in [0.1, 0.15) is 5.75 Å². The van der Waals surface area contributed by atoms with E-state index in [1.165, 1.54) is 5.56 Å². The smallest absolute Gasteiger partial charge is 0.251 e. The highest BCUT2D eigenvalue weighted by molar-refractivity contribution is 6.30. The second kappa shape index (κ2) is 5.55. The van der Waals surface area contributed by atoms with Crippen LogP contribution in [0.15, 0.2) is 42.5 Å². The van der Waals surface area contributed by atoms with Gasteiger partial charge in [-0.2, -0.15) is 0 Å². The molecule has 1 aliphatic heterocycles. The molecule has 3 rings (SSSR count). The number of amides is 1. The second-order valence-corrected chi connectivity index (χ2v) is 5.17. The Kier molecular flexibility index (Phi) is 3.61. The lowest BCUT2D eigenvalue weighted by Crippen LogP contribution is -2.22. The van der Waals surface area contributed by atoms with Crippen LogP contribution in [0.4, 0.5) is 0 Å². The van der Waals surface area contributed by atoms with Gasteiger partial charge in [-0.25, -0.2) is 0 Å². The molecule has 0 radical (unpaired) electrons. The lowest BCUT2D eigenvalue weighted by atomic mass is 10.1. The molecule has 0 spiro atoms. The van der Waals surface area contributed by atoms with Crippen molar-refractivity contribution in [2.45, 2.75) is 13.0 Å².